The van der Waals surface area contributed by atoms with Gasteiger partial charge in [0.05, 0.1) is 13.2 Å². The molecule has 50 heavy (non-hydrogen) atoms. The molecule has 2 aromatic rings. The molecule has 0 radical (unpaired) electrons. The van der Waals surface area contributed by atoms with E-state index in [2.05, 4.69) is 20.9 Å². The van der Waals surface area contributed by atoms with E-state index in [1.165, 1.54) is 36.8 Å². The van der Waals surface area contributed by atoms with Crippen LogP contribution in [0.4, 0.5) is 11.6 Å². The fourth-order valence-corrected chi connectivity index (χ4v) is 5.65. The molecule has 0 amide bonds. The van der Waals surface area contributed by atoms with E-state index in [0.717, 1.165) is 11.1 Å². The molecule has 2 saturated heterocycles. The molecule has 20 heteroatoms. The van der Waals surface area contributed by atoms with Gasteiger partial charge in [0.15, 0.2) is 11.6 Å². The minimum absolute atomic E-state index is 0.0632. The van der Waals surface area contributed by atoms with Gasteiger partial charge in [-0.1, -0.05) is 0 Å². The van der Waals surface area contributed by atoms with E-state index in [-0.39, 0.29) is 26.1 Å². The first kappa shape index (κ1) is 36.4. The lowest BCUT2D eigenvalue weighted by Gasteiger charge is -2.20. The third-order valence-electron chi connectivity index (χ3n) is 7.86. The smallest absolute Gasteiger partial charge is 0.351 e. The van der Waals surface area contributed by atoms with Crippen LogP contribution in [0.2, 0.25) is 0 Å². The predicted molar refractivity (Wildman–Crippen MR) is 165 cm³/mol. The number of anilines is 2. The second-order valence-electron chi connectivity index (χ2n) is 11.6. The van der Waals surface area contributed by atoms with E-state index in [1.807, 2.05) is 0 Å². The normalized spacial score (nSPS) is 25.0. The van der Waals surface area contributed by atoms with Crippen LogP contribution in [0.25, 0.3) is 0 Å². The molecule has 2 N–H and O–H groups in total. The van der Waals surface area contributed by atoms with Gasteiger partial charge >= 0.3 is 35.3 Å². The number of fused-ring (bicyclic) bond motifs is 2. The third-order valence-corrected chi connectivity index (χ3v) is 7.86. The molecule has 4 aliphatic heterocycles. The summed E-state index contributed by atoms with van der Waals surface area (Å²) in [6.07, 6.45) is 1.16. The molecule has 2 aromatic heterocycles. The molecule has 0 unspecified atom stereocenters. The third kappa shape index (κ3) is 9.20. The summed E-state index contributed by atoms with van der Waals surface area (Å²) in [6.45, 7) is 5.93. The number of aromatic nitrogens is 4. The molecular weight excluding hydrogens is 668 g/mol. The van der Waals surface area contributed by atoms with Crippen LogP contribution in [-0.4, -0.2) is 93.8 Å². The predicted octanol–water partition coefficient (Wildman–Crippen LogP) is -0.150. The van der Waals surface area contributed by atoms with Crippen LogP contribution in [0.3, 0.4) is 0 Å². The summed E-state index contributed by atoms with van der Waals surface area (Å²) in [5.41, 5.74) is 5.82. The minimum Gasteiger partial charge on any atom is -0.463 e. The molecule has 0 aliphatic carbocycles. The number of ether oxygens (including phenoxy) is 6. The SMILES string of the molecule is CC(=O)OC[C@H]1O[C@@H](n2cc3c(nc2=O)NOCC3)C[C@@H]1OC(C)=O.CC(=O)OC[C@H]1O[C@@H](n2cc3c(nc2=O)NOCC3)C[C@@H]1OC(C)=O. The number of hydrogen-bond donors (Lipinski definition) is 2. The number of nitrogens with one attached hydrogen (secondary N) is 2. The summed E-state index contributed by atoms with van der Waals surface area (Å²) in [5, 5.41) is 0. The first-order valence-corrected chi connectivity index (χ1v) is 15.8. The number of carbonyl (C=O) groups is 4. The summed E-state index contributed by atoms with van der Waals surface area (Å²) in [5.74, 6) is -1.10. The Balaban J connectivity index is 0.000000194. The topological polar surface area (TPSA) is 236 Å². The highest BCUT2D eigenvalue weighted by Crippen LogP contribution is 2.32. The van der Waals surface area contributed by atoms with Crippen molar-refractivity contribution in [2.24, 2.45) is 0 Å². The fraction of sp³-hybridized carbons (Fsp3) is 0.600. The average Bonchev–Trinajstić information content (AvgIpc) is 3.64. The second-order valence-corrected chi connectivity index (χ2v) is 11.6. The first-order valence-electron chi connectivity index (χ1n) is 15.8. The molecule has 0 aromatic carbocycles. The van der Waals surface area contributed by atoms with Crippen molar-refractivity contribution >= 4 is 35.5 Å². The largest absolute Gasteiger partial charge is 0.463 e. The number of hydrogen-bond acceptors (Lipinski definition) is 18. The highest BCUT2D eigenvalue weighted by molar-refractivity contribution is 5.67. The molecule has 6 heterocycles. The van der Waals surface area contributed by atoms with Crippen LogP contribution >= 0.6 is 0 Å². The van der Waals surface area contributed by atoms with Crippen molar-refractivity contribution in [1.29, 1.82) is 0 Å². The zero-order chi connectivity index (χ0) is 35.9. The summed E-state index contributed by atoms with van der Waals surface area (Å²) >= 11 is 0. The lowest BCUT2D eigenvalue weighted by molar-refractivity contribution is -0.157. The Morgan fingerprint density at radius 2 is 1.10 bits per heavy atom. The van der Waals surface area contributed by atoms with Gasteiger partial charge in [0.25, 0.3) is 0 Å². The van der Waals surface area contributed by atoms with Gasteiger partial charge in [-0.05, 0) is 0 Å². The summed E-state index contributed by atoms with van der Waals surface area (Å²) in [7, 11) is 0. The van der Waals surface area contributed by atoms with E-state index >= 15 is 0 Å². The molecule has 6 atom stereocenters. The van der Waals surface area contributed by atoms with Crippen molar-refractivity contribution < 1.29 is 57.3 Å². The van der Waals surface area contributed by atoms with Crippen LogP contribution in [0.1, 0.15) is 64.1 Å². The highest BCUT2D eigenvalue weighted by Gasteiger charge is 2.41. The van der Waals surface area contributed by atoms with Crippen LogP contribution in [-0.2, 0) is 70.1 Å². The first-order chi connectivity index (χ1) is 23.9. The quantitative estimate of drug-likeness (QED) is 0.268. The van der Waals surface area contributed by atoms with Crippen molar-refractivity contribution in [3.8, 4) is 0 Å². The zero-order valence-electron chi connectivity index (χ0n) is 27.8. The summed E-state index contributed by atoms with van der Waals surface area (Å²) < 4.78 is 34.7. The molecule has 6 rings (SSSR count). The van der Waals surface area contributed by atoms with Crippen molar-refractivity contribution in [2.45, 2.75) is 90.2 Å². The number of carbonyl (C=O) groups excluding carboxylic acids is 4. The molecule has 0 bridgehead atoms. The van der Waals surface area contributed by atoms with Crippen LogP contribution < -0.4 is 22.3 Å². The fourth-order valence-electron chi connectivity index (χ4n) is 5.65. The minimum atomic E-state index is -0.668. The maximum absolute atomic E-state index is 12.3. The van der Waals surface area contributed by atoms with Gasteiger partial charge in [-0.2, -0.15) is 9.97 Å². The van der Waals surface area contributed by atoms with Gasteiger partial charge in [-0.25, -0.2) is 20.5 Å². The summed E-state index contributed by atoms with van der Waals surface area (Å²) in [6, 6.07) is 0. The van der Waals surface area contributed by atoms with E-state index in [0.29, 0.717) is 37.7 Å². The van der Waals surface area contributed by atoms with Crippen LogP contribution in [0.5, 0.6) is 0 Å². The Bertz CT molecular complexity index is 1590. The molecule has 0 saturated carbocycles. The van der Waals surface area contributed by atoms with Crippen LogP contribution in [0, 0.1) is 0 Å². The Labute approximate surface area is 284 Å². The standard InChI is InChI=1S/2C15H19N3O7/c2*1-8(19)22-7-12-11(24-9(2)20)5-13(25-12)18-6-10-3-4-23-17-14(10)16-15(18)21/h2*6,11-13H,3-5,7H2,1-2H3,(H,16,17,21)/t2*11-,12+,13+/m00/s1. The lowest BCUT2D eigenvalue weighted by Crippen LogP contribution is -2.31. The number of esters is 4. The van der Waals surface area contributed by atoms with E-state index < -0.39 is 72.1 Å². The number of nitrogens with zero attached hydrogens (tertiary/aromatic N) is 4. The monoisotopic (exact) mass is 706 g/mol. The van der Waals surface area contributed by atoms with Gasteiger partial charge < -0.3 is 28.4 Å². The van der Waals surface area contributed by atoms with Gasteiger partial charge in [-0.3, -0.25) is 38.0 Å². The molecule has 4 aliphatic rings. The Morgan fingerprint density at radius 1 is 0.700 bits per heavy atom. The Kier molecular flexibility index (Phi) is 11.8. The van der Waals surface area contributed by atoms with Crippen molar-refractivity contribution in [3.05, 3.63) is 44.5 Å². The van der Waals surface area contributed by atoms with Crippen molar-refractivity contribution in [2.75, 3.05) is 37.4 Å². The molecule has 2 fully saturated rings. The van der Waals surface area contributed by atoms with Crippen LogP contribution in [0.15, 0.2) is 22.0 Å². The average molecular weight is 707 g/mol. The van der Waals surface area contributed by atoms with Gasteiger partial charge in [-0.15, -0.1) is 0 Å². The number of rotatable bonds is 8. The molecule has 20 nitrogen and oxygen atoms in total. The molecule has 0 spiro atoms. The molecule has 272 valence electrons. The lowest BCUT2D eigenvalue weighted by atomic mass is 10.1. The highest BCUT2D eigenvalue weighted by atomic mass is 16.7. The Hall–Kier alpha value is -4.92. The van der Waals surface area contributed by atoms with Gasteiger partial charge in [0.1, 0.15) is 50.1 Å². The van der Waals surface area contributed by atoms with Crippen molar-refractivity contribution in [3.63, 3.8) is 0 Å². The van der Waals surface area contributed by atoms with E-state index in [9.17, 15) is 28.8 Å². The maximum atomic E-state index is 12.3. The summed E-state index contributed by atoms with van der Waals surface area (Å²) in [4.78, 5) is 87.2. The second kappa shape index (κ2) is 16.2. The maximum Gasteiger partial charge on any atom is 0.351 e. The zero-order valence-corrected chi connectivity index (χ0v) is 27.8. The van der Waals surface area contributed by atoms with Gasteiger partial charge in [0.2, 0.25) is 0 Å². The molecular formula is C30H38N6O14. The van der Waals surface area contributed by atoms with E-state index in [1.54, 1.807) is 12.4 Å². The van der Waals surface area contributed by atoms with Crippen molar-refractivity contribution in [1.82, 2.24) is 19.1 Å². The van der Waals surface area contributed by atoms with E-state index in [4.69, 9.17) is 38.1 Å². The Morgan fingerprint density at radius 3 is 1.46 bits per heavy atom. The van der Waals surface area contributed by atoms with Gasteiger partial charge in [0, 0.05) is 76.9 Å².